The van der Waals surface area contributed by atoms with Gasteiger partial charge >= 0.3 is 0 Å². The van der Waals surface area contributed by atoms with Crippen molar-refractivity contribution in [2.45, 2.75) is 315 Å². The summed E-state index contributed by atoms with van der Waals surface area (Å²) in [4.78, 5) is 12.5. The largest absolute Gasteiger partial charge is 0.394 e. The van der Waals surface area contributed by atoms with E-state index in [1.165, 1.54) is 238 Å². The van der Waals surface area contributed by atoms with Crippen molar-refractivity contribution in [3.63, 3.8) is 0 Å². The van der Waals surface area contributed by atoms with Crippen LogP contribution in [0.5, 0.6) is 0 Å². The van der Waals surface area contributed by atoms with Crippen molar-refractivity contribution >= 4 is 5.91 Å². The lowest BCUT2D eigenvalue weighted by molar-refractivity contribution is -0.123. The highest BCUT2D eigenvalue weighted by atomic mass is 16.3. The highest BCUT2D eigenvalue weighted by Gasteiger charge is 2.18. The molecule has 0 saturated carbocycles. The van der Waals surface area contributed by atoms with Gasteiger partial charge in [-0.05, 0) is 70.6 Å². The molecule has 0 rings (SSSR count). The van der Waals surface area contributed by atoms with Gasteiger partial charge in [-0.2, -0.15) is 0 Å². The Kier molecular flexibility index (Phi) is 54.8. The number of unbranched alkanes of at least 4 members (excludes halogenated alkanes) is 38. The fourth-order valence-electron chi connectivity index (χ4n) is 8.79. The lowest BCUT2D eigenvalue weighted by atomic mass is 10.0. The van der Waals surface area contributed by atoms with Crippen LogP contribution in [0, 0.1) is 0 Å². The zero-order valence-corrected chi connectivity index (χ0v) is 43.8. The number of amides is 1. The summed E-state index contributed by atoms with van der Waals surface area (Å²) >= 11 is 0. The minimum Gasteiger partial charge on any atom is -0.394 e. The first-order chi connectivity index (χ1) is 32.2. The molecule has 0 aliphatic carbocycles. The monoisotopic (exact) mass is 908 g/mol. The molecular formula is C61H113NO3. The van der Waals surface area contributed by atoms with E-state index in [1.807, 2.05) is 6.08 Å². The van der Waals surface area contributed by atoms with E-state index in [2.05, 4.69) is 67.8 Å². The number of carbonyl (C=O) groups is 1. The average Bonchev–Trinajstić information content (AvgIpc) is 3.31. The van der Waals surface area contributed by atoms with E-state index in [1.54, 1.807) is 6.08 Å². The minimum atomic E-state index is -0.863. The molecule has 0 fully saturated rings. The second kappa shape index (κ2) is 56.4. The zero-order valence-electron chi connectivity index (χ0n) is 43.8. The van der Waals surface area contributed by atoms with Crippen molar-refractivity contribution < 1.29 is 15.0 Å². The summed E-state index contributed by atoms with van der Waals surface area (Å²) < 4.78 is 0. The second-order valence-electron chi connectivity index (χ2n) is 19.7. The third-order valence-electron chi connectivity index (χ3n) is 13.2. The van der Waals surface area contributed by atoms with Crippen molar-refractivity contribution in [1.29, 1.82) is 0 Å². The molecule has 0 aromatic heterocycles. The molecule has 0 spiro atoms. The Bertz CT molecular complexity index is 1070. The van der Waals surface area contributed by atoms with E-state index < -0.39 is 12.1 Å². The highest BCUT2D eigenvalue weighted by Crippen LogP contribution is 2.17. The van der Waals surface area contributed by atoms with Gasteiger partial charge in [-0.15, -0.1) is 0 Å². The maximum atomic E-state index is 12.5. The Morgan fingerprint density at radius 3 is 1.00 bits per heavy atom. The van der Waals surface area contributed by atoms with Crippen LogP contribution in [0.4, 0.5) is 0 Å². The molecule has 0 radical (unpaired) electrons. The van der Waals surface area contributed by atoms with Crippen LogP contribution in [0.15, 0.2) is 60.8 Å². The van der Waals surface area contributed by atoms with Crippen LogP contribution in [-0.2, 0) is 4.79 Å². The molecule has 380 valence electrons. The SMILES string of the molecule is CCCCCCC/C=C\C/C=C\C/C=C\CCCCCCCCCCCCCCCCCCCCCCC(=O)NC(CO)C(O)/C=C/CC/C=C/CCCCCCCCCCCCCC. The fraction of sp³-hybridized carbons (Fsp3) is 0.820. The summed E-state index contributed by atoms with van der Waals surface area (Å²) in [7, 11) is 0. The summed E-state index contributed by atoms with van der Waals surface area (Å²) in [5, 5.41) is 23.1. The van der Waals surface area contributed by atoms with Gasteiger partial charge in [0.25, 0.3) is 0 Å². The van der Waals surface area contributed by atoms with Crippen molar-refractivity contribution in [1.82, 2.24) is 5.32 Å². The average molecular weight is 909 g/mol. The first-order valence-corrected chi connectivity index (χ1v) is 29.0. The fourth-order valence-corrected chi connectivity index (χ4v) is 8.79. The van der Waals surface area contributed by atoms with Gasteiger partial charge < -0.3 is 15.5 Å². The third-order valence-corrected chi connectivity index (χ3v) is 13.2. The smallest absolute Gasteiger partial charge is 0.220 e. The molecular weight excluding hydrogens is 795 g/mol. The summed E-state index contributed by atoms with van der Waals surface area (Å²) in [5.74, 6) is -0.0705. The van der Waals surface area contributed by atoms with Crippen LogP contribution in [0.25, 0.3) is 0 Å². The van der Waals surface area contributed by atoms with E-state index in [9.17, 15) is 15.0 Å². The van der Waals surface area contributed by atoms with Gasteiger partial charge in [-0.3, -0.25) is 4.79 Å². The molecule has 2 unspecified atom stereocenters. The molecule has 4 nitrogen and oxygen atoms in total. The van der Waals surface area contributed by atoms with Crippen LogP contribution in [0.1, 0.15) is 303 Å². The van der Waals surface area contributed by atoms with Crippen molar-refractivity contribution in [2.24, 2.45) is 0 Å². The molecule has 0 aliphatic rings. The van der Waals surface area contributed by atoms with Crippen molar-refractivity contribution in [2.75, 3.05) is 6.61 Å². The molecule has 0 aromatic carbocycles. The predicted octanol–water partition coefficient (Wildman–Crippen LogP) is 19.2. The van der Waals surface area contributed by atoms with Crippen LogP contribution < -0.4 is 5.32 Å². The normalized spacial score (nSPS) is 13.2. The van der Waals surface area contributed by atoms with E-state index in [0.717, 1.165) is 44.9 Å². The molecule has 0 aliphatic heterocycles. The minimum absolute atomic E-state index is 0.0705. The number of aliphatic hydroxyl groups excluding tert-OH is 2. The van der Waals surface area contributed by atoms with E-state index in [0.29, 0.717) is 6.42 Å². The topological polar surface area (TPSA) is 69.6 Å². The maximum absolute atomic E-state index is 12.5. The number of rotatable bonds is 53. The first kappa shape index (κ1) is 63.1. The molecule has 0 heterocycles. The van der Waals surface area contributed by atoms with Gasteiger partial charge in [0.1, 0.15) is 0 Å². The van der Waals surface area contributed by atoms with Crippen LogP contribution in [0.2, 0.25) is 0 Å². The zero-order chi connectivity index (χ0) is 47.0. The Labute approximate surface area is 406 Å². The van der Waals surface area contributed by atoms with Crippen LogP contribution in [0.3, 0.4) is 0 Å². The highest BCUT2D eigenvalue weighted by molar-refractivity contribution is 5.76. The number of hydrogen-bond donors (Lipinski definition) is 3. The number of allylic oxidation sites excluding steroid dienone is 9. The molecule has 2 atom stereocenters. The predicted molar refractivity (Wildman–Crippen MR) is 290 cm³/mol. The lowest BCUT2D eigenvalue weighted by Gasteiger charge is -2.19. The van der Waals surface area contributed by atoms with Gasteiger partial charge in [0.2, 0.25) is 5.91 Å². The van der Waals surface area contributed by atoms with Gasteiger partial charge in [0.15, 0.2) is 0 Å². The Hall–Kier alpha value is -1.91. The third kappa shape index (κ3) is 52.9. The summed E-state index contributed by atoms with van der Waals surface area (Å²) in [5.41, 5.74) is 0. The second-order valence-corrected chi connectivity index (χ2v) is 19.7. The number of carbonyl (C=O) groups excluding carboxylic acids is 1. The van der Waals surface area contributed by atoms with Crippen molar-refractivity contribution in [3.05, 3.63) is 60.8 Å². The number of aliphatic hydroxyl groups is 2. The van der Waals surface area contributed by atoms with Crippen LogP contribution in [-0.4, -0.2) is 34.9 Å². The van der Waals surface area contributed by atoms with Gasteiger partial charge in [-0.25, -0.2) is 0 Å². The molecule has 0 saturated heterocycles. The van der Waals surface area contributed by atoms with Gasteiger partial charge in [0, 0.05) is 6.42 Å². The summed E-state index contributed by atoms with van der Waals surface area (Å²) in [6.07, 6.45) is 79.6. The van der Waals surface area contributed by atoms with E-state index >= 15 is 0 Å². The Morgan fingerprint density at radius 2 is 0.646 bits per heavy atom. The van der Waals surface area contributed by atoms with Gasteiger partial charge in [-0.1, -0.05) is 286 Å². The van der Waals surface area contributed by atoms with E-state index in [-0.39, 0.29) is 12.5 Å². The lowest BCUT2D eigenvalue weighted by Crippen LogP contribution is -2.45. The summed E-state index contributed by atoms with van der Waals surface area (Å²) in [6.45, 7) is 4.30. The molecule has 0 aromatic rings. The number of hydrogen-bond acceptors (Lipinski definition) is 3. The Balaban J connectivity index is 3.48. The molecule has 3 N–H and O–H groups in total. The molecule has 4 heteroatoms. The van der Waals surface area contributed by atoms with Crippen molar-refractivity contribution in [3.8, 4) is 0 Å². The first-order valence-electron chi connectivity index (χ1n) is 29.0. The Morgan fingerprint density at radius 1 is 0.369 bits per heavy atom. The quantitative estimate of drug-likeness (QED) is 0.0421. The summed E-state index contributed by atoms with van der Waals surface area (Å²) in [6, 6.07) is -0.640. The van der Waals surface area contributed by atoms with Crippen LogP contribution >= 0.6 is 0 Å². The molecule has 65 heavy (non-hydrogen) atoms. The van der Waals surface area contributed by atoms with Gasteiger partial charge in [0.05, 0.1) is 18.8 Å². The maximum Gasteiger partial charge on any atom is 0.220 e. The molecule has 0 bridgehead atoms. The molecule has 1 amide bonds. The standard InChI is InChI=1S/C61H113NO3/c1-3-5-7-9-11-13-15-17-19-21-23-24-25-26-27-28-29-30-31-32-33-34-35-36-37-38-39-41-43-45-47-49-51-53-55-57-61(65)62-59(58-63)60(64)56-54-52-50-48-46-44-42-40-22-20-18-16-14-12-10-8-6-4-2/h15,17,21,23,25-26,46,48,54,56,59-60,63-64H,3-14,16,18-20,22,24,27-45,47,49-53,55,57-58H2,1-2H3,(H,62,65)/b17-15-,23-21-,26-25-,48-46+,56-54+. The van der Waals surface area contributed by atoms with E-state index in [4.69, 9.17) is 0 Å². The number of nitrogens with one attached hydrogen (secondary N) is 1.